The van der Waals surface area contributed by atoms with E-state index in [-0.39, 0.29) is 42.1 Å². The Labute approximate surface area is 194 Å². The number of carbonyl (C=O) groups is 1. The molecule has 0 radical (unpaired) electrons. The van der Waals surface area contributed by atoms with Crippen molar-refractivity contribution in [3.05, 3.63) is 41.3 Å². The summed E-state index contributed by atoms with van der Waals surface area (Å²) in [5.41, 5.74) is 2.73. The molecule has 0 fully saturated rings. The fourth-order valence-electron chi connectivity index (χ4n) is 2.72. The third-order valence-electron chi connectivity index (χ3n) is 4.65. The van der Waals surface area contributed by atoms with Gasteiger partial charge in [-0.15, -0.1) is 0 Å². The van der Waals surface area contributed by atoms with E-state index < -0.39 is 41.6 Å². The van der Waals surface area contributed by atoms with Crippen molar-refractivity contribution in [2.75, 3.05) is 13.6 Å². The summed E-state index contributed by atoms with van der Waals surface area (Å²) in [6, 6.07) is 3.39. The zero-order valence-electron chi connectivity index (χ0n) is 18.3. The zero-order chi connectivity index (χ0) is 27.2. The molecule has 0 bridgehead atoms. The van der Waals surface area contributed by atoms with Gasteiger partial charge in [-0.2, -0.15) is 35.1 Å². The largest absolute Gasteiger partial charge is 0.459 e. The van der Waals surface area contributed by atoms with Gasteiger partial charge in [-0.1, -0.05) is 13.0 Å². The second-order valence-electron chi connectivity index (χ2n) is 7.02. The van der Waals surface area contributed by atoms with Gasteiger partial charge in [0.25, 0.3) is 0 Å². The Kier molecular flexibility index (Phi) is 9.88. The topological polar surface area (TPSA) is 103 Å². The van der Waals surface area contributed by atoms with Gasteiger partial charge in [0, 0.05) is 38.3 Å². The lowest BCUT2D eigenvalue weighted by atomic mass is 9.95. The quantitative estimate of drug-likeness (QED) is 0.224. The molecule has 1 amide bonds. The molecule has 1 rings (SSSR count). The van der Waals surface area contributed by atoms with Crippen LogP contribution in [0, 0.1) is 17.1 Å². The molecule has 1 aromatic carbocycles. The average Bonchev–Trinajstić information content (AvgIpc) is 2.76. The minimum Gasteiger partial charge on any atom is -0.352 e. The number of aliphatic imine (C=N–C) groups is 1. The molecule has 0 aromatic heterocycles. The SMILES string of the molecule is CCC(=O)NCc1cc(/C(=C/NC(=NC)C(C(=N)C(F)(F)C(F)(F)F)C(F)(F)F)CN)ccc1F. The normalized spacial score (nSPS) is 14.5. The van der Waals surface area contributed by atoms with Crippen molar-refractivity contribution >= 4 is 23.0 Å². The molecule has 1 aromatic rings. The molecule has 1 unspecified atom stereocenters. The van der Waals surface area contributed by atoms with Gasteiger partial charge in [-0.25, -0.2) is 4.39 Å². The molecule has 0 saturated heterocycles. The Bertz CT molecular complexity index is 984. The minimum absolute atomic E-state index is 0.00667. The average molecular weight is 519 g/mol. The number of hydrogen-bond donors (Lipinski definition) is 4. The lowest BCUT2D eigenvalue weighted by Gasteiger charge is -2.28. The number of nitrogens with zero attached hydrogens (tertiary/aromatic N) is 1. The van der Waals surface area contributed by atoms with Crippen LogP contribution in [0.2, 0.25) is 0 Å². The molecule has 6 nitrogen and oxygen atoms in total. The van der Waals surface area contributed by atoms with Gasteiger partial charge in [0.2, 0.25) is 5.91 Å². The van der Waals surface area contributed by atoms with E-state index in [1.165, 1.54) is 12.1 Å². The Hall–Kier alpha value is -3.10. The van der Waals surface area contributed by atoms with E-state index in [1.807, 2.05) is 5.32 Å². The summed E-state index contributed by atoms with van der Waals surface area (Å²) in [5, 5.41) is 11.3. The number of amides is 1. The summed E-state index contributed by atoms with van der Waals surface area (Å²) < 4.78 is 119. The van der Waals surface area contributed by atoms with Gasteiger partial charge in [-0.05, 0) is 23.3 Å². The van der Waals surface area contributed by atoms with E-state index >= 15 is 0 Å². The number of benzene rings is 1. The maximum absolute atomic E-state index is 14.0. The Morgan fingerprint density at radius 3 is 2.23 bits per heavy atom. The lowest BCUT2D eigenvalue weighted by Crippen LogP contribution is -2.54. The number of amidine groups is 1. The standard InChI is InChI=1S/C20H22F9N5O/c1-3-14(35)33-8-11-6-10(4-5-13(11)21)12(7-30)9-34-17(32-2)15(19(24,25)26)16(31)18(22,23)20(27,28)29/h4-6,9,15,31H,3,7-8,30H2,1-2H3,(H,32,34)(H,33,35)/b12-9+,31-16?. The highest BCUT2D eigenvalue weighted by molar-refractivity contribution is 6.09. The van der Waals surface area contributed by atoms with Crippen molar-refractivity contribution in [2.45, 2.75) is 38.2 Å². The second-order valence-corrected chi connectivity index (χ2v) is 7.02. The number of rotatable bonds is 9. The Morgan fingerprint density at radius 2 is 1.77 bits per heavy atom. The van der Waals surface area contributed by atoms with Crippen molar-refractivity contribution in [1.29, 1.82) is 5.41 Å². The maximum atomic E-state index is 14.0. The molecule has 0 saturated carbocycles. The Morgan fingerprint density at radius 1 is 1.17 bits per heavy atom. The predicted molar refractivity (Wildman–Crippen MR) is 110 cm³/mol. The van der Waals surface area contributed by atoms with E-state index in [9.17, 15) is 44.3 Å². The fourth-order valence-corrected chi connectivity index (χ4v) is 2.72. The highest BCUT2D eigenvalue weighted by Gasteiger charge is 2.66. The molecular weight excluding hydrogens is 497 g/mol. The van der Waals surface area contributed by atoms with Crippen LogP contribution in [-0.2, 0) is 11.3 Å². The van der Waals surface area contributed by atoms with Crippen LogP contribution in [-0.4, -0.2) is 49.3 Å². The van der Waals surface area contributed by atoms with E-state index in [2.05, 4.69) is 10.3 Å². The summed E-state index contributed by atoms with van der Waals surface area (Å²) in [6.45, 7) is 0.955. The van der Waals surface area contributed by atoms with Gasteiger partial charge in [0.15, 0.2) is 5.92 Å². The molecule has 15 heteroatoms. The monoisotopic (exact) mass is 519 g/mol. The molecule has 1 atom stereocenters. The van der Waals surface area contributed by atoms with Crippen molar-refractivity contribution in [2.24, 2.45) is 16.6 Å². The first-order valence-corrected chi connectivity index (χ1v) is 9.79. The molecule has 0 aliphatic rings. The van der Waals surface area contributed by atoms with Crippen molar-refractivity contribution in [1.82, 2.24) is 10.6 Å². The van der Waals surface area contributed by atoms with E-state index in [0.717, 1.165) is 12.3 Å². The van der Waals surface area contributed by atoms with Crippen LogP contribution >= 0.6 is 0 Å². The van der Waals surface area contributed by atoms with E-state index in [4.69, 9.17) is 11.1 Å². The zero-order valence-corrected chi connectivity index (χ0v) is 18.3. The first-order valence-electron chi connectivity index (χ1n) is 9.79. The lowest BCUT2D eigenvalue weighted by molar-refractivity contribution is -0.253. The van der Waals surface area contributed by atoms with Gasteiger partial charge in [0.1, 0.15) is 17.4 Å². The fraction of sp³-hybridized carbons (Fsp3) is 0.450. The predicted octanol–water partition coefficient (Wildman–Crippen LogP) is 4.17. The number of halogens is 9. The van der Waals surface area contributed by atoms with Crippen LogP contribution in [0.25, 0.3) is 5.57 Å². The Balaban J connectivity index is 3.34. The first kappa shape index (κ1) is 29.9. The van der Waals surface area contributed by atoms with Gasteiger partial charge >= 0.3 is 18.3 Å². The van der Waals surface area contributed by atoms with Gasteiger partial charge in [-0.3, -0.25) is 9.79 Å². The summed E-state index contributed by atoms with van der Waals surface area (Å²) in [7, 11) is 0.697. The van der Waals surface area contributed by atoms with Crippen molar-refractivity contribution in [3.8, 4) is 0 Å². The number of alkyl halides is 8. The summed E-state index contributed by atoms with van der Waals surface area (Å²) in [6.07, 6.45) is -11.3. The number of nitrogens with one attached hydrogen (secondary N) is 3. The summed E-state index contributed by atoms with van der Waals surface area (Å²) >= 11 is 0. The highest BCUT2D eigenvalue weighted by atomic mass is 19.4. The first-order chi connectivity index (χ1) is 16.0. The summed E-state index contributed by atoms with van der Waals surface area (Å²) in [5.74, 6) is -12.3. The highest BCUT2D eigenvalue weighted by Crippen LogP contribution is 2.41. The number of nitrogens with two attached hydrogens (primary N) is 1. The van der Waals surface area contributed by atoms with Crippen LogP contribution in [0.3, 0.4) is 0 Å². The summed E-state index contributed by atoms with van der Waals surface area (Å²) in [4.78, 5) is 14.5. The van der Waals surface area contributed by atoms with Crippen LogP contribution in [0.4, 0.5) is 39.5 Å². The van der Waals surface area contributed by atoms with Crippen molar-refractivity contribution in [3.63, 3.8) is 0 Å². The van der Waals surface area contributed by atoms with Crippen LogP contribution in [0.15, 0.2) is 29.4 Å². The molecular formula is C20H22F9N5O. The number of hydrogen-bond acceptors (Lipinski definition) is 4. The second kappa shape index (κ2) is 11.6. The van der Waals surface area contributed by atoms with Crippen LogP contribution in [0.5, 0.6) is 0 Å². The van der Waals surface area contributed by atoms with Gasteiger partial charge < -0.3 is 21.8 Å². The van der Waals surface area contributed by atoms with Gasteiger partial charge in [0.05, 0.1) is 0 Å². The van der Waals surface area contributed by atoms with E-state index in [0.29, 0.717) is 7.05 Å². The third-order valence-corrected chi connectivity index (χ3v) is 4.65. The molecule has 0 aliphatic heterocycles. The minimum atomic E-state index is -6.44. The van der Waals surface area contributed by atoms with Crippen LogP contribution in [0.1, 0.15) is 24.5 Å². The molecule has 0 spiro atoms. The molecule has 196 valence electrons. The van der Waals surface area contributed by atoms with Crippen LogP contribution < -0.4 is 16.4 Å². The molecule has 0 aliphatic carbocycles. The van der Waals surface area contributed by atoms with E-state index in [1.54, 1.807) is 6.92 Å². The number of carbonyl (C=O) groups excluding carboxylic acids is 1. The smallest absolute Gasteiger partial charge is 0.352 e. The molecule has 0 heterocycles. The third kappa shape index (κ3) is 7.44. The molecule has 35 heavy (non-hydrogen) atoms. The maximum Gasteiger partial charge on any atom is 0.459 e. The molecule has 5 N–H and O–H groups in total. The van der Waals surface area contributed by atoms with Crippen molar-refractivity contribution < 1.29 is 44.3 Å².